The predicted molar refractivity (Wildman–Crippen MR) is 128 cm³/mol. The van der Waals surface area contributed by atoms with E-state index >= 15 is 0 Å². The van der Waals surface area contributed by atoms with Crippen LogP contribution in [0.15, 0.2) is 40.3 Å². The van der Waals surface area contributed by atoms with Gasteiger partial charge in [-0.15, -0.1) is 23.1 Å². The lowest BCUT2D eigenvalue weighted by Crippen LogP contribution is -2.71. The van der Waals surface area contributed by atoms with Gasteiger partial charge in [-0.1, -0.05) is 5.16 Å². The minimum Gasteiger partial charge on any atom is -0.477 e. The number of aromatic nitrogens is 5. The van der Waals surface area contributed by atoms with Crippen LogP contribution in [0, 0.1) is 6.92 Å². The zero-order valence-electron chi connectivity index (χ0n) is 19.0. The third-order valence-corrected chi connectivity index (χ3v) is 7.68. The number of carbonyl (C=O) groups is 3. The highest BCUT2D eigenvalue weighted by Crippen LogP contribution is 2.40. The Kier molecular flexibility index (Phi) is 6.05. The van der Waals surface area contributed by atoms with Crippen molar-refractivity contribution in [1.82, 2.24) is 29.8 Å². The molecule has 0 aromatic carbocycles. The molecule has 0 radical (unpaired) electrons. The number of hydrogen-bond donors (Lipinski definition) is 3. The highest BCUT2D eigenvalue weighted by molar-refractivity contribution is 8.00. The number of hydrogen-bond acceptors (Lipinski definition) is 11. The van der Waals surface area contributed by atoms with E-state index in [1.165, 1.54) is 23.8 Å². The van der Waals surface area contributed by atoms with Crippen LogP contribution in [0.2, 0.25) is 0 Å². The van der Waals surface area contributed by atoms with E-state index in [1.807, 2.05) is 13.1 Å². The molecule has 0 unspecified atom stereocenters. The van der Waals surface area contributed by atoms with Gasteiger partial charge in [-0.3, -0.25) is 14.5 Å². The summed E-state index contributed by atoms with van der Waals surface area (Å²) in [7, 11) is 1.28. The van der Waals surface area contributed by atoms with Gasteiger partial charge in [0.2, 0.25) is 5.82 Å². The maximum atomic E-state index is 13.0. The number of nitrogens with one attached hydrogen (secondary N) is 1. The van der Waals surface area contributed by atoms with Crippen molar-refractivity contribution in [2.24, 2.45) is 5.16 Å². The molecule has 16 heteroatoms. The molecule has 5 rings (SSSR count). The lowest BCUT2D eigenvalue weighted by molar-refractivity contribution is -0.668. The number of nitrogens with two attached hydrogens (primary N) is 1. The molecule has 2 atom stereocenters. The molecular weight excluding hydrogens is 510 g/mol. The number of rotatable bonds is 7. The van der Waals surface area contributed by atoms with E-state index in [2.05, 4.69) is 25.7 Å². The maximum absolute atomic E-state index is 13.0. The summed E-state index contributed by atoms with van der Waals surface area (Å²) in [5.41, 5.74) is 6.16. The van der Waals surface area contributed by atoms with E-state index in [0.29, 0.717) is 22.9 Å². The second kappa shape index (κ2) is 9.19. The maximum Gasteiger partial charge on any atom is 0.427 e. The largest absolute Gasteiger partial charge is 0.477 e. The number of oxime groups is 1. The van der Waals surface area contributed by atoms with Crippen LogP contribution in [-0.4, -0.2) is 77.4 Å². The second-order valence-corrected chi connectivity index (χ2v) is 9.84. The molecule has 3 aromatic heterocycles. The molecule has 1 fully saturated rings. The Morgan fingerprint density at radius 3 is 2.92 bits per heavy atom. The van der Waals surface area contributed by atoms with Gasteiger partial charge in [-0.05, 0) is 5.10 Å². The Labute approximate surface area is 211 Å². The number of amides is 2. The summed E-state index contributed by atoms with van der Waals surface area (Å²) in [6.45, 7) is 2.02. The number of β-lactam (4-membered cyclic amide) rings is 1. The van der Waals surface area contributed by atoms with E-state index in [-0.39, 0.29) is 28.8 Å². The number of carboxylic acid groups (broad SMARTS) is 1. The fraction of sp³-hybridized carbons (Fsp3) is 0.300. The van der Waals surface area contributed by atoms with Gasteiger partial charge in [0.15, 0.2) is 10.8 Å². The number of fused-ring (bicyclic) bond motifs is 2. The van der Waals surface area contributed by atoms with E-state index in [4.69, 9.17) is 10.6 Å². The molecule has 36 heavy (non-hydrogen) atoms. The summed E-state index contributed by atoms with van der Waals surface area (Å²) < 4.78 is 3.56. The Bertz CT molecular complexity index is 1460. The number of thioether (sulfide) groups is 1. The second-order valence-electron chi connectivity index (χ2n) is 7.85. The van der Waals surface area contributed by atoms with Crippen LogP contribution in [0.25, 0.3) is 5.78 Å². The van der Waals surface area contributed by atoms with Crippen LogP contribution < -0.4 is 15.6 Å². The van der Waals surface area contributed by atoms with Gasteiger partial charge in [0.25, 0.3) is 11.8 Å². The number of carbonyl (C=O) groups excluding carboxylic acids is 2. The topological polar surface area (TPSA) is 181 Å². The van der Waals surface area contributed by atoms with Crippen LogP contribution in [0.3, 0.4) is 0 Å². The first-order valence-corrected chi connectivity index (χ1v) is 12.5. The standard InChI is InChI=1S/C20H19N9O5S2/c1-9-24-25-20-27(4-3-5-28(9)20)6-10-7-35-17-13(16(31)29(17)14(10)18(32)33)23-15(30)12(26-34-2)11-8-36-19(21)22-11/h3-5,8,13,17H,6-7H2,1-2H3,(H3-,21,22,23,30,32,33)/p+1/t13-,17+/m1/s1. The molecule has 14 nitrogen and oxygen atoms in total. The lowest BCUT2D eigenvalue weighted by atomic mass is 10.0. The third kappa shape index (κ3) is 3.93. The van der Waals surface area contributed by atoms with Gasteiger partial charge in [-0.2, -0.15) is 4.40 Å². The van der Waals surface area contributed by atoms with Crippen molar-refractivity contribution in [3.8, 4) is 0 Å². The molecule has 0 aliphatic carbocycles. The molecule has 2 aliphatic rings. The number of thiazole rings is 1. The molecule has 0 spiro atoms. The molecule has 0 bridgehead atoms. The van der Waals surface area contributed by atoms with Crippen molar-refractivity contribution < 1.29 is 28.9 Å². The minimum absolute atomic E-state index is 0.0990. The van der Waals surface area contributed by atoms with Crippen molar-refractivity contribution in [1.29, 1.82) is 0 Å². The fourth-order valence-electron chi connectivity index (χ4n) is 4.06. The van der Waals surface area contributed by atoms with Gasteiger partial charge in [-0.25, -0.2) is 14.3 Å². The zero-order chi connectivity index (χ0) is 25.6. The Morgan fingerprint density at radius 2 is 2.22 bits per heavy atom. The number of nitrogens with zero attached hydrogens (tertiary/aromatic N) is 7. The van der Waals surface area contributed by atoms with Crippen LogP contribution >= 0.6 is 23.1 Å². The van der Waals surface area contributed by atoms with E-state index in [0.717, 1.165) is 11.3 Å². The van der Waals surface area contributed by atoms with Crippen LogP contribution in [0.5, 0.6) is 0 Å². The van der Waals surface area contributed by atoms with Gasteiger partial charge in [0.1, 0.15) is 29.9 Å². The third-order valence-electron chi connectivity index (χ3n) is 5.67. The zero-order valence-corrected chi connectivity index (χ0v) is 20.6. The first-order valence-electron chi connectivity index (χ1n) is 10.5. The Hall–Kier alpha value is -4.05. The first kappa shape index (κ1) is 23.7. The highest BCUT2D eigenvalue weighted by atomic mass is 32.2. The van der Waals surface area contributed by atoms with Crippen molar-refractivity contribution in [3.63, 3.8) is 0 Å². The number of nitrogen functional groups attached to an aromatic ring is 1. The van der Waals surface area contributed by atoms with Gasteiger partial charge in [0, 0.05) is 34.8 Å². The summed E-state index contributed by atoms with van der Waals surface area (Å²) >= 11 is 2.49. The lowest BCUT2D eigenvalue weighted by Gasteiger charge is -2.49. The Balaban J connectivity index is 1.38. The molecule has 4 N–H and O–H groups in total. The summed E-state index contributed by atoms with van der Waals surface area (Å²) in [5, 5.41) is 25.7. The van der Waals surface area contributed by atoms with Crippen molar-refractivity contribution in [3.05, 3.63) is 46.6 Å². The summed E-state index contributed by atoms with van der Waals surface area (Å²) in [4.78, 5) is 48.2. The predicted octanol–water partition coefficient (Wildman–Crippen LogP) is -0.847. The van der Waals surface area contributed by atoms with Crippen molar-refractivity contribution >= 4 is 57.5 Å². The van der Waals surface area contributed by atoms with Gasteiger partial charge < -0.3 is 21.0 Å². The molecule has 5 heterocycles. The molecule has 3 aromatic rings. The molecule has 2 aliphatic heterocycles. The molecule has 0 saturated carbocycles. The van der Waals surface area contributed by atoms with Crippen LogP contribution in [-0.2, 0) is 25.8 Å². The van der Waals surface area contributed by atoms with Crippen molar-refractivity contribution in [2.45, 2.75) is 24.9 Å². The number of aryl methyl sites for hydroxylation is 1. The summed E-state index contributed by atoms with van der Waals surface area (Å²) in [6.07, 6.45) is 3.59. The summed E-state index contributed by atoms with van der Waals surface area (Å²) in [6, 6.07) is 0.866. The average Bonchev–Trinajstić information content (AvgIpc) is 3.46. The fourth-order valence-corrected chi connectivity index (χ4v) is 5.94. The normalized spacial score (nSPS) is 19.8. The van der Waals surface area contributed by atoms with E-state index in [9.17, 15) is 19.5 Å². The number of carboxylic acids is 1. The van der Waals surface area contributed by atoms with Crippen molar-refractivity contribution in [2.75, 3.05) is 18.6 Å². The molecular formula is C20H20N9O5S2+. The smallest absolute Gasteiger partial charge is 0.427 e. The Morgan fingerprint density at radius 1 is 1.42 bits per heavy atom. The van der Waals surface area contributed by atoms with E-state index in [1.54, 1.807) is 26.6 Å². The summed E-state index contributed by atoms with van der Waals surface area (Å²) in [5.74, 6) is -0.864. The molecule has 1 saturated heterocycles. The molecule has 186 valence electrons. The SMILES string of the molecule is CON=C(C(=O)N[C@@H]1C(=O)N2C(C(=O)O)=C(C[n+]3cccn4c(C)nnc43)CS[C@@H]12)c1csc(N)n1. The van der Waals surface area contributed by atoms with Gasteiger partial charge >= 0.3 is 11.7 Å². The highest BCUT2D eigenvalue weighted by Gasteiger charge is 2.54. The van der Waals surface area contributed by atoms with Crippen LogP contribution in [0.1, 0.15) is 11.5 Å². The molecule has 2 amide bonds. The average molecular weight is 531 g/mol. The van der Waals surface area contributed by atoms with Crippen LogP contribution in [0.4, 0.5) is 5.13 Å². The quantitative estimate of drug-likeness (QED) is 0.151. The monoisotopic (exact) mass is 530 g/mol. The van der Waals surface area contributed by atoms with E-state index < -0.39 is 29.2 Å². The minimum atomic E-state index is -1.22. The number of aliphatic carboxylic acids is 1. The first-order chi connectivity index (χ1) is 17.3. The van der Waals surface area contributed by atoms with Gasteiger partial charge in [0.05, 0.1) is 18.9 Å². The number of anilines is 1.